The Balaban J connectivity index is 0.00000272. The number of aliphatic imine (C=N–C) groups is 1. The van der Waals surface area contributed by atoms with Crippen LogP contribution in [0, 0.1) is 0 Å². The van der Waals surface area contributed by atoms with E-state index in [9.17, 15) is 0 Å². The lowest BCUT2D eigenvalue weighted by Crippen LogP contribution is -2.52. The molecule has 0 bridgehead atoms. The molecule has 2 aromatic rings. The highest BCUT2D eigenvalue weighted by molar-refractivity contribution is 14.0. The Bertz CT molecular complexity index is 869. The molecule has 170 valence electrons. The van der Waals surface area contributed by atoms with Crippen molar-refractivity contribution in [2.45, 2.75) is 33.2 Å². The number of para-hydroxylation sites is 1. The molecule has 0 unspecified atom stereocenters. The molecular weight excluding hydrogens is 527 g/mol. The maximum absolute atomic E-state index is 5.94. The summed E-state index contributed by atoms with van der Waals surface area (Å²) in [5.41, 5.74) is 1.06. The Kier molecular flexibility index (Phi) is 9.00. The normalized spacial score (nSPS) is 16.5. The Labute approximate surface area is 205 Å². The lowest BCUT2D eigenvalue weighted by Gasteiger charge is -2.36. The minimum absolute atomic E-state index is 0. The van der Waals surface area contributed by atoms with Gasteiger partial charge in [0.15, 0.2) is 17.5 Å². The van der Waals surface area contributed by atoms with Crippen LogP contribution < -0.4 is 19.7 Å². The number of halogens is 1. The minimum atomic E-state index is 0. The molecule has 1 N–H and O–H groups in total. The Morgan fingerprint density at radius 2 is 1.97 bits per heavy atom. The predicted octanol–water partition coefficient (Wildman–Crippen LogP) is 3.17. The number of ether oxygens (including phenoxy) is 2. The van der Waals surface area contributed by atoms with Crippen LogP contribution in [0.2, 0.25) is 0 Å². The van der Waals surface area contributed by atoms with Crippen molar-refractivity contribution >= 4 is 46.6 Å². The summed E-state index contributed by atoms with van der Waals surface area (Å²) in [7, 11) is 0. The number of anilines is 1. The van der Waals surface area contributed by atoms with Crippen LogP contribution in [0.1, 0.15) is 31.7 Å². The number of nitrogens with zero attached hydrogens (tertiary/aromatic N) is 5. The summed E-state index contributed by atoms with van der Waals surface area (Å²) in [5.74, 6) is 3.53. The van der Waals surface area contributed by atoms with Crippen LogP contribution in [0.5, 0.6) is 11.5 Å². The van der Waals surface area contributed by atoms with Crippen LogP contribution in [-0.2, 0) is 13.0 Å². The zero-order chi connectivity index (χ0) is 20.8. The van der Waals surface area contributed by atoms with Crippen molar-refractivity contribution in [3.63, 3.8) is 0 Å². The zero-order valence-electron chi connectivity index (χ0n) is 18.2. The third-order valence-corrected chi connectivity index (χ3v) is 6.03. The monoisotopic (exact) mass is 558 g/mol. The van der Waals surface area contributed by atoms with Gasteiger partial charge < -0.3 is 24.6 Å². The molecule has 2 aliphatic heterocycles. The van der Waals surface area contributed by atoms with Crippen molar-refractivity contribution in [1.82, 2.24) is 19.6 Å². The van der Waals surface area contributed by atoms with Crippen molar-refractivity contribution in [1.29, 1.82) is 0 Å². The first-order valence-corrected chi connectivity index (χ1v) is 11.5. The van der Waals surface area contributed by atoms with E-state index in [1.54, 1.807) is 0 Å². The van der Waals surface area contributed by atoms with Crippen LogP contribution in [0.3, 0.4) is 0 Å². The number of aromatic nitrogens is 2. The number of hydrogen-bond donors (Lipinski definition) is 1. The maximum atomic E-state index is 5.94. The van der Waals surface area contributed by atoms with Gasteiger partial charge in [0, 0.05) is 62.7 Å². The van der Waals surface area contributed by atoms with Crippen LogP contribution in [0.25, 0.3) is 0 Å². The Morgan fingerprint density at radius 1 is 1.16 bits per heavy atom. The molecular formula is C21H31IN6O2S. The molecule has 10 heteroatoms. The molecule has 0 amide bonds. The SMILES string of the molecule is CCNC(=NCc1cccc2c1OCCCO2)N1CCN(c2nc(CC)ns2)CC1.I. The second-order valence-electron chi connectivity index (χ2n) is 7.29. The summed E-state index contributed by atoms with van der Waals surface area (Å²) in [5, 5.41) is 4.47. The summed E-state index contributed by atoms with van der Waals surface area (Å²) >= 11 is 1.50. The van der Waals surface area contributed by atoms with Crippen molar-refractivity contribution < 1.29 is 9.47 Å². The van der Waals surface area contributed by atoms with Crippen molar-refractivity contribution in [2.75, 3.05) is 50.8 Å². The first kappa shape index (κ1) is 23.8. The quantitative estimate of drug-likeness (QED) is 0.344. The summed E-state index contributed by atoms with van der Waals surface area (Å²) in [4.78, 5) is 14.2. The lowest BCUT2D eigenvalue weighted by atomic mass is 10.2. The predicted molar refractivity (Wildman–Crippen MR) is 135 cm³/mol. The molecule has 4 rings (SSSR count). The van der Waals surface area contributed by atoms with Gasteiger partial charge in [-0.25, -0.2) is 9.98 Å². The Morgan fingerprint density at radius 3 is 2.71 bits per heavy atom. The molecule has 0 aliphatic carbocycles. The first-order valence-electron chi connectivity index (χ1n) is 10.8. The number of piperazine rings is 1. The number of benzene rings is 1. The van der Waals surface area contributed by atoms with Gasteiger partial charge in [-0.15, -0.1) is 24.0 Å². The van der Waals surface area contributed by atoms with Crippen molar-refractivity contribution in [3.8, 4) is 11.5 Å². The topological polar surface area (TPSA) is 75.1 Å². The molecule has 1 aromatic carbocycles. The van der Waals surface area contributed by atoms with Crippen LogP contribution >= 0.6 is 35.5 Å². The van der Waals surface area contributed by atoms with E-state index in [1.807, 2.05) is 12.1 Å². The van der Waals surface area contributed by atoms with Gasteiger partial charge in [-0.1, -0.05) is 19.1 Å². The summed E-state index contributed by atoms with van der Waals surface area (Å²) < 4.78 is 16.2. The molecule has 0 spiro atoms. The highest BCUT2D eigenvalue weighted by atomic mass is 127. The number of rotatable bonds is 5. The third kappa shape index (κ3) is 5.91. The molecule has 1 saturated heterocycles. The maximum Gasteiger partial charge on any atom is 0.205 e. The van der Waals surface area contributed by atoms with Crippen LogP contribution in [0.4, 0.5) is 5.13 Å². The van der Waals surface area contributed by atoms with Crippen LogP contribution in [-0.4, -0.2) is 66.2 Å². The fourth-order valence-electron chi connectivity index (χ4n) is 3.59. The van der Waals surface area contributed by atoms with Crippen molar-refractivity contribution in [3.05, 3.63) is 29.6 Å². The molecule has 0 atom stereocenters. The molecule has 8 nitrogen and oxygen atoms in total. The van der Waals surface area contributed by atoms with Gasteiger partial charge in [-0.05, 0) is 13.0 Å². The minimum Gasteiger partial charge on any atom is -0.490 e. The highest BCUT2D eigenvalue weighted by Crippen LogP contribution is 2.33. The number of guanidine groups is 1. The van der Waals surface area contributed by atoms with Gasteiger partial charge in [0.25, 0.3) is 0 Å². The van der Waals surface area contributed by atoms with E-state index in [-0.39, 0.29) is 24.0 Å². The van der Waals surface area contributed by atoms with Crippen molar-refractivity contribution in [2.24, 2.45) is 4.99 Å². The molecule has 31 heavy (non-hydrogen) atoms. The largest absolute Gasteiger partial charge is 0.490 e. The van der Waals surface area contributed by atoms with E-state index in [0.717, 1.165) is 79.5 Å². The van der Waals surface area contributed by atoms with E-state index in [1.165, 1.54) is 11.5 Å². The standard InChI is InChI=1S/C21H30N6O2S.HI/c1-3-18-24-21(30-25-18)27-11-9-26(10-12-27)20(22-4-2)23-15-16-7-5-8-17-19(16)29-14-6-13-28-17;/h5,7-8H,3-4,6,9-15H2,1-2H3,(H,22,23);1H. The van der Waals surface area contributed by atoms with E-state index >= 15 is 0 Å². The fraction of sp³-hybridized carbons (Fsp3) is 0.571. The van der Waals surface area contributed by atoms with Gasteiger partial charge in [0.1, 0.15) is 5.82 Å². The number of hydrogen-bond acceptors (Lipinski definition) is 7. The number of aryl methyl sites for hydroxylation is 1. The molecule has 0 saturated carbocycles. The summed E-state index contributed by atoms with van der Waals surface area (Å²) in [6, 6.07) is 6.05. The van der Waals surface area contributed by atoms with Gasteiger partial charge in [-0.3, -0.25) is 0 Å². The lowest BCUT2D eigenvalue weighted by molar-refractivity contribution is 0.296. The Hall–Kier alpha value is -1.82. The third-order valence-electron chi connectivity index (χ3n) is 5.21. The number of fused-ring (bicyclic) bond motifs is 1. The van der Waals surface area contributed by atoms with Gasteiger partial charge in [-0.2, -0.15) is 4.37 Å². The average Bonchev–Trinajstić information content (AvgIpc) is 3.14. The van der Waals surface area contributed by atoms with E-state index in [4.69, 9.17) is 14.5 Å². The summed E-state index contributed by atoms with van der Waals surface area (Å²) in [6.45, 7) is 10.6. The molecule has 3 heterocycles. The second-order valence-corrected chi connectivity index (χ2v) is 8.02. The average molecular weight is 558 g/mol. The fourth-order valence-corrected chi connectivity index (χ4v) is 4.39. The molecule has 2 aliphatic rings. The summed E-state index contributed by atoms with van der Waals surface area (Å²) in [6.07, 6.45) is 1.78. The van der Waals surface area contributed by atoms with Gasteiger partial charge in [0.2, 0.25) is 5.13 Å². The van der Waals surface area contributed by atoms with E-state index < -0.39 is 0 Å². The van der Waals surface area contributed by atoms with Gasteiger partial charge in [0.05, 0.1) is 19.8 Å². The van der Waals surface area contributed by atoms with E-state index in [0.29, 0.717) is 19.8 Å². The molecule has 0 radical (unpaired) electrons. The van der Waals surface area contributed by atoms with Crippen LogP contribution in [0.15, 0.2) is 23.2 Å². The highest BCUT2D eigenvalue weighted by Gasteiger charge is 2.22. The number of nitrogens with one attached hydrogen (secondary N) is 1. The first-order chi connectivity index (χ1) is 14.8. The second kappa shape index (κ2) is 11.7. The van der Waals surface area contributed by atoms with E-state index in [2.05, 4.69) is 44.4 Å². The molecule has 1 fully saturated rings. The molecule has 1 aromatic heterocycles. The smallest absolute Gasteiger partial charge is 0.205 e. The van der Waals surface area contributed by atoms with Gasteiger partial charge >= 0.3 is 0 Å². The zero-order valence-corrected chi connectivity index (χ0v) is 21.3.